The summed E-state index contributed by atoms with van der Waals surface area (Å²) in [6.07, 6.45) is 2.80. The maximum atomic E-state index is 14.0. The molecule has 0 unspecified atom stereocenters. The van der Waals surface area contributed by atoms with Gasteiger partial charge in [0.15, 0.2) is 12.1 Å². The van der Waals surface area contributed by atoms with Crippen LogP contribution in [0.15, 0.2) is 24.5 Å². The fourth-order valence-electron chi connectivity index (χ4n) is 2.36. The highest BCUT2D eigenvalue weighted by Gasteiger charge is 2.26. The predicted octanol–water partition coefficient (Wildman–Crippen LogP) is 3.69. The molecule has 0 aliphatic heterocycles. The third-order valence-corrected chi connectivity index (χ3v) is 3.48. The molecule has 0 atom stereocenters. The largest absolute Gasteiger partial charge is 0.479 e. The molecule has 2 aromatic heterocycles. The average Bonchev–Trinajstić information content (AvgIpc) is 2.58. The van der Waals surface area contributed by atoms with Crippen LogP contribution in [0.2, 0.25) is 0 Å². The molecular formula is C19H22FN3O4. The number of aromatic nitrogens is 2. The fraction of sp³-hybridized carbons (Fsp3) is 0.368. The van der Waals surface area contributed by atoms with Crippen LogP contribution in [0.5, 0.6) is 5.88 Å². The number of aryl methyl sites for hydroxylation is 1. The van der Waals surface area contributed by atoms with Crippen LogP contribution in [0.4, 0.5) is 15.0 Å². The molecule has 0 aliphatic carbocycles. The lowest BCUT2D eigenvalue weighted by Gasteiger charge is -2.27. The molecule has 8 heteroatoms. The van der Waals surface area contributed by atoms with Gasteiger partial charge in [-0.15, -0.1) is 0 Å². The minimum Gasteiger partial charge on any atom is -0.479 e. The Hall–Kier alpha value is -3.03. The Morgan fingerprint density at radius 1 is 1.26 bits per heavy atom. The molecule has 27 heavy (non-hydrogen) atoms. The van der Waals surface area contributed by atoms with Gasteiger partial charge < -0.3 is 9.47 Å². The Morgan fingerprint density at radius 3 is 2.48 bits per heavy atom. The predicted molar refractivity (Wildman–Crippen MR) is 97.5 cm³/mol. The summed E-state index contributed by atoms with van der Waals surface area (Å²) in [4.78, 5) is 33.0. The lowest BCUT2D eigenvalue weighted by Crippen LogP contribution is -2.37. The normalized spacial score (nSPS) is 11.0. The minimum atomic E-state index is -0.727. The van der Waals surface area contributed by atoms with E-state index in [0.717, 1.165) is 0 Å². The molecule has 0 aliphatic rings. The Bertz CT molecular complexity index is 849. The number of ether oxygens (including phenoxy) is 2. The maximum Gasteiger partial charge on any atom is 0.416 e. The second-order valence-corrected chi connectivity index (χ2v) is 6.93. The van der Waals surface area contributed by atoms with E-state index in [9.17, 15) is 14.0 Å². The zero-order valence-corrected chi connectivity index (χ0v) is 15.9. The summed E-state index contributed by atoms with van der Waals surface area (Å²) in [6.45, 7) is 6.94. The lowest BCUT2D eigenvalue weighted by atomic mass is 10.2. The van der Waals surface area contributed by atoms with E-state index in [2.05, 4.69) is 9.97 Å². The number of nitrogens with zero attached hydrogens (tertiary/aromatic N) is 3. The van der Waals surface area contributed by atoms with Crippen molar-refractivity contribution in [2.45, 2.75) is 39.8 Å². The Kier molecular flexibility index (Phi) is 6.09. The van der Waals surface area contributed by atoms with Crippen molar-refractivity contribution in [3.05, 3.63) is 47.0 Å². The summed E-state index contributed by atoms with van der Waals surface area (Å²) in [5.74, 6) is -0.460. The van der Waals surface area contributed by atoms with Crippen molar-refractivity contribution in [1.82, 2.24) is 9.97 Å². The Morgan fingerprint density at radius 2 is 1.96 bits per heavy atom. The number of pyridine rings is 2. The first-order valence-electron chi connectivity index (χ1n) is 8.25. The lowest BCUT2D eigenvalue weighted by molar-refractivity contribution is 0.0576. The summed E-state index contributed by atoms with van der Waals surface area (Å²) >= 11 is 0. The SMILES string of the molecule is COc1ncc(CN(C(=O)OC(C)(C)C)c2ncc(C=O)cc2C)cc1F. The monoisotopic (exact) mass is 375 g/mol. The number of carbonyl (C=O) groups is 2. The van der Waals surface area contributed by atoms with Gasteiger partial charge in [-0.1, -0.05) is 0 Å². The van der Waals surface area contributed by atoms with Gasteiger partial charge in [-0.05, 0) is 51.0 Å². The molecule has 1 amide bonds. The topological polar surface area (TPSA) is 81.6 Å². The van der Waals surface area contributed by atoms with Gasteiger partial charge in [0.05, 0.1) is 13.7 Å². The minimum absolute atomic E-state index is 0.0168. The Labute approximate surface area is 157 Å². The van der Waals surface area contributed by atoms with Crippen LogP contribution in [-0.2, 0) is 11.3 Å². The third kappa shape index (κ3) is 5.22. The van der Waals surface area contributed by atoms with Crippen molar-refractivity contribution in [3.63, 3.8) is 0 Å². The standard InChI is InChI=1S/C19H22FN3O4/c1-12-6-14(11-24)9-21-16(12)23(18(25)27-19(2,3)4)10-13-7-15(20)17(26-5)22-8-13/h6-9,11H,10H2,1-5H3. The maximum absolute atomic E-state index is 14.0. The van der Waals surface area contributed by atoms with Crippen LogP contribution in [0.3, 0.4) is 0 Å². The second kappa shape index (κ2) is 8.11. The number of aldehydes is 1. The molecule has 0 N–H and O–H groups in total. The Balaban J connectivity index is 2.42. The first-order chi connectivity index (χ1) is 12.6. The van der Waals surface area contributed by atoms with Gasteiger partial charge in [-0.3, -0.25) is 9.69 Å². The first-order valence-corrected chi connectivity index (χ1v) is 8.25. The number of rotatable bonds is 5. The van der Waals surface area contributed by atoms with E-state index >= 15 is 0 Å². The quantitative estimate of drug-likeness (QED) is 0.742. The fourth-order valence-corrected chi connectivity index (χ4v) is 2.36. The van der Waals surface area contributed by atoms with E-state index < -0.39 is 17.5 Å². The zero-order chi connectivity index (χ0) is 20.2. The van der Waals surface area contributed by atoms with Crippen molar-refractivity contribution in [2.75, 3.05) is 12.0 Å². The van der Waals surface area contributed by atoms with E-state index in [1.807, 2.05) is 0 Å². The van der Waals surface area contributed by atoms with Gasteiger partial charge in [0.1, 0.15) is 11.4 Å². The molecule has 144 valence electrons. The van der Waals surface area contributed by atoms with Crippen molar-refractivity contribution >= 4 is 18.2 Å². The molecular weight excluding hydrogens is 353 g/mol. The number of anilines is 1. The van der Waals surface area contributed by atoms with E-state index in [1.165, 1.54) is 30.5 Å². The number of halogens is 1. The number of methoxy groups -OCH3 is 1. The molecule has 2 aromatic rings. The summed E-state index contributed by atoms with van der Waals surface area (Å²) in [5, 5.41) is 0. The summed E-state index contributed by atoms with van der Waals surface area (Å²) in [6, 6.07) is 2.85. The molecule has 2 heterocycles. The van der Waals surface area contributed by atoms with Crippen LogP contribution in [-0.4, -0.2) is 35.1 Å². The van der Waals surface area contributed by atoms with Crippen molar-refractivity contribution in [2.24, 2.45) is 0 Å². The number of amides is 1. The molecule has 0 spiro atoms. The highest BCUT2D eigenvalue weighted by atomic mass is 19.1. The summed E-state index contributed by atoms with van der Waals surface area (Å²) in [5.41, 5.74) is 0.694. The van der Waals surface area contributed by atoms with Crippen LogP contribution < -0.4 is 9.64 Å². The first kappa shape index (κ1) is 20.3. The van der Waals surface area contributed by atoms with Crippen molar-refractivity contribution in [3.8, 4) is 5.88 Å². The second-order valence-electron chi connectivity index (χ2n) is 6.93. The van der Waals surface area contributed by atoms with Crippen molar-refractivity contribution in [1.29, 1.82) is 0 Å². The van der Waals surface area contributed by atoms with Gasteiger partial charge in [0.25, 0.3) is 0 Å². The number of hydrogen-bond acceptors (Lipinski definition) is 6. The van der Waals surface area contributed by atoms with Crippen LogP contribution >= 0.6 is 0 Å². The van der Waals surface area contributed by atoms with Gasteiger partial charge in [-0.2, -0.15) is 0 Å². The summed E-state index contributed by atoms with van der Waals surface area (Å²) < 4.78 is 24.2. The van der Waals surface area contributed by atoms with E-state index in [-0.39, 0.29) is 12.4 Å². The average molecular weight is 375 g/mol. The van der Waals surface area contributed by atoms with Crippen LogP contribution in [0.25, 0.3) is 0 Å². The molecule has 7 nitrogen and oxygen atoms in total. The third-order valence-electron chi connectivity index (χ3n) is 3.48. The zero-order valence-electron chi connectivity index (χ0n) is 15.9. The van der Waals surface area contributed by atoms with E-state index in [0.29, 0.717) is 28.8 Å². The smallest absolute Gasteiger partial charge is 0.416 e. The molecule has 0 radical (unpaired) electrons. The molecule has 0 saturated carbocycles. The van der Waals surface area contributed by atoms with Gasteiger partial charge in [-0.25, -0.2) is 19.2 Å². The van der Waals surface area contributed by atoms with Gasteiger partial charge in [0.2, 0.25) is 5.88 Å². The van der Waals surface area contributed by atoms with E-state index in [4.69, 9.17) is 9.47 Å². The highest BCUT2D eigenvalue weighted by molar-refractivity contribution is 5.88. The van der Waals surface area contributed by atoms with Crippen LogP contribution in [0.1, 0.15) is 42.3 Å². The number of hydrogen-bond donors (Lipinski definition) is 0. The summed E-state index contributed by atoms with van der Waals surface area (Å²) in [7, 11) is 1.32. The van der Waals surface area contributed by atoms with Crippen molar-refractivity contribution < 1.29 is 23.5 Å². The molecule has 0 saturated heterocycles. The van der Waals surface area contributed by atoms with Gasteiger partial charge >= 0.3 is 6.09 Å². The molecule has 0 bridgehead atoms. The molecule has 0 fully saturated rings. The molecule has 2 rings (SSSR count). The molecule has 0 aromatic carbocycles. The number of carbonyl (C=O) groups excluding carboxylic acids is 2. The van der Waals surface area contributed by atoms with E-state index in [1.54, 1.807) is 33.8 Å². The van der Waals surface area contributed by atoms with Gasteiger partial charge in [0, 0.05) is 18.0 Å². The van der Waals surface area contributed by atoms with Crippen LogP contribution in [0, 0.1) is 12.7 Å². The highest BCUT2D eigenvalue weighted by Crippen LogP contribution is 2.24.